The highest BCUT2D eigenvalue weighted by molar-refractivity contribution is 9.10. The lowest BCUT2D eigenvalue weighted by molar-refractivity contribution is 0.0347. The lowest BCUT2D eigenvalue weighted by Crippen LogP contribution is -2.44. The Labute approximate surface area is 147 Å². The summed E-state index contributed by atoms with van der Waals surface area (Å²) in [5.41, 5.74) is 1.18. The number of aliphatic imine (C=N–C) groups is 1. The third kappa shape index (κ3) is 6.89. The van der Waals surface area contributed by atoms with Gasteiger partial charge in [0, 0.05) is 23.7 Å². The number of nitrogens with one attached hydrogen (secondary N) is 2. The fourth-order valence-corrected chi connectivity index (χ4v) is 2.54. The van der Waals surface area contributed by atoms with Crippen LogP contribution in [0.1, 0.15) is 25.8 Å². The van der Waals surface area contributed by atoms with E-state index in [0.29, 0.717) is 19.8 Å². The van der Waals surface area contributed by atoms with Crippen LogP contribution in [0.4, 0.5) is 0 Å². The molecular weight excluding hydrogens is 358 g/mol. The number of rotatable bonds is 7. The first-order valence-electron chi connectivity index (χ1n) is 8.16. The summed E-state index contributed by atoms with van der Waals surface area (Å²) < 4.78 is 12.2. The molecule has 1 aliphatic heterocycles. The molecule has 0 amide bonds. The van der Waals surface area contributed by atoms with Gasteiger partial charge in [0.2, 0.25) is 0 Å². The van der Waals surface area contributed by atoms with Crippen molar-refractivity contribution in [3.63, 3.8) is 0 Å². The molecule has 23 heavy (non-hydrogen) atoms. The molecule has 0 aliphatic carbocycles. The van der Waals surface area contributed by atoms with Gasteiger partial charge in [0.05, 0.1) is 25.9 Å². The topological polar surface area (TPSA) is 54.9 Å². The molecule has 2 unspecified atom stereocenters. The minimum absolute atomic E-state index is 0.193. The molecule has 1 fully saturated rings. The molecule has 1 aliphatic rings. The average Bonchev–Trinajstić information content (AvgIpc) is 3.06. The van der Waals surface area contributed by atoms with Crippen LogP contribution in [0.2, 0.25) is 0 Å². The zero-order valence-corrected chi connectivity index (χ0v) is 15.4. The van der Waals surface area contributed by atoms with Crippen LogP contribution >= 0.6 is 15.9 Å². The first-order valence-corrected chi connectivity index (χ1v) is 8.95. The molecule has 2 atom stereocenters. The predicted octanol–water partition coefficient (Wildman–Crippen LogP) is 2.70. The lowest BCUT2D eigenvalue weighted by atomic mass is 10.2. The first kappa shape index (κ1) is 18.2. The Kier molecular flexibility index (Phi) is 7.85. The monoisotopic (exact) mass is 383 g/mol. The van der Waals surface area contributed by atoms with Gasteiger partial charge in [0.15, 0.2) is 5.96 Å². The van der Waals surface area contributed by atoms with Crippen LogP contribution < -0.4 is 10.6 Å². The molecule has 1 aromatic carbocycles. The van der Waals surface area contributed by atoms with Crippen LogP contribution in [-0.4, -0.2) is 44.5 Å². The Morgan fingerprint density at radius 1 is 1.43 bits per heavy atom. The number of halogens is 1. The summed E-state index contributed by atoms with van der Waals surface area (Å²) in [6.07, 6.45) is 1.23. The summed E-state index contributed by atoms with van der Waals surface area (Å²) >= 11 is 3.44. The summed E-state index contributed by atoms with van der Waals surface area (Å²) in [5, 5.41) is 6.66. The molecule has 2 N–H and O–H groups in total. The minimum atomic E-state index is 0.193. The van der Waals surface area contributed by atoms with E-state index in [1.165, 1.54) is 5.56 Å². The van der Waals surface area contributed by atoms with Gasteiger partial charge in [-0.15, -0.1) is 0 Å². The van der Waals surface area contributed by atoms with Gasteiger partial charge in [-0.2, -0.15) is 0 Å². The summed E-state index contributed by atoms with van der Waals surface area (Å²) in [7, 11) is 0. The van der Waals surface area contributed by atoms with Gasteiger partial charge in [-0.3, -0.25) is 0 Å². The predicted molar refractivity (Wildman–Crippen MR) is 96.7 cm³/mol. The number of guanidine groups is 1. The molecule has 0 spiro atoms. The van der Waals surface area contributed by atoms with E-state index in [-0.39, 0.29) is 12.1 Å². The van der Waals surface area contributed by atoms with Gasteiger partial charge >= 0.3 is 0 Å². The summed E-state index contributed by atoms with van der Waals surface area (Å²) in [5.74, 6) is 0.814. The maximum Gasteiger partial charge on any atom is 0.191 e. The second kappa shape index (κ2) is 9.90. The van der Waals surface area contributed by atoms with Crippen molar-refractivity contribution in [2.24, 2.45) is 4.99 Å². The van der Waals surface area contributed by atoms with Crippen LogP contribution in [0.3, 0.4) is 0 Å². The van der Waals surface area contributed by atoms with Crippen LogP contribution in [0.25, 0.3) is 0 Å². The zero-order chi connectivity index (χ0) is 16.5. The smallest absolute Gasteiger partial charge is 0.191 e. The van der Waals surface area contributed by atoms with Gasteiger partial charge in [-0.1, -0.05) is 28.1 Å². The van der Waals surface area contributed by atoms with Crippen molar-refractivity contribution in [3.05, 3.63) is 34.3 Å². The Balaban J connectivity index is 1.81. The van der Waals surface area contributed by atoms with Gasteiger partial charge in [-0.05, 0) is 38.0 Å². The largest absolute Gasteiger partial charge is 0.379 e. The summed E-state index contributed by atoms with van der Waals surface area (Å²) in [4.78, 5) is 4.63. The lowest BCUT2D eigenvalue weighted by Gasteiger charge is -2.19. The van der Waals surface area contributed by atoms with E-state index in [0.717, 1.165) is 30.0 Å². The van der Waals surface area contributed by atoms with Crippen LogP contribution in [0, 0.1) is 0 Å². The molecule has 2 rings (SSSR count). The van der Waals surface area contributed by atoms with E-state index in [2.05, 4.69) is 57.5 Å². The third-order valence-electron chi connectivity index (χ3n) is 3.53. The van der Waals surface area contributed by atoms with Crippen LogP contribution in [0.15, 0.2) is 33.7 Å². The standard InChI is InChI=1S/C17H26BrN3O2/c1-3-19-17(20-10-14-4-6-15(18)7-5-14)21-13(2)11-23-16-8-9-22-12-16/h4-7,13,16H,3,8-12H2,1-2H3,(H2,19,20,21). The summed E-state index contributed by atoms with van der Waals surface area (Å²) in [6, 6.07) is 8.41. The average molecular weight is 384 g/mol. The number of nitrogens with zero attached hydrogens (tertiary/aromatic N) is 1. The van der Waals surface area contributed by atoms with Gasteiger partial charge in [0.1, 0.15) is 0 Å². The second-order valence-electron chi connectivity index (χ2n) is 5.69. The highest BCUT2D eigenvalue weighted by Crippen LogP contribution is 2.11. The number of ether oxygens (including phenoxy) is 2. The molecule has 1 heterocycles. The van der Waals surface area contributed by atoms with E-state index >= 15 is 0 Å². The van der Waals surface area contributed by atoms with Gasteiger partial charge in [-0.25, -0.2) is 4.99 Å². The van der Waals surface area contributed by atoms with Crippen LogP contribution in [-0.2, 0) is 16.0 Å². The molecule has 5 nitrogen and oxygen atoms in total. The van der Waals surface area contributed by atoms with Crippen molar-refractivity contribution in [1.29, 1.82) is 0 Å². The van der Waals surface area contributed by atoms with Crippen molar-refractivity contribution in [3.8, 4) is 0 Å². The normalized spacial score (nSPS) is 19.6. The number of benzene rings is 1. The van der Waals surface area contributed by atoms with Crippen molar-refractivity contribution in [2.45, 2.75) is 39.0 Å². The Hall–Kier alpha value is -1.11. The molecule has 128 valence electrons. The fraction of sp³-hybridized carbons (Fsp3) is 0.588. The van der Waals surface area contributed by atoms with E-state index < -0.39 is 0 Å². The quantitative estimate of drug-likeness (QED) is 0.561. The molecule has 0 saturated carbocycles. The molecular formula is C17H26BrN3O2. The molecule has 1 saturated heterocycles. The SMILES string of the molecule is CCNC(=NCc1ccc(Br)cc1)NC(C)COC1CCOC1. The second-order valence-corrected chi connectivity index (χ2v) is 6.60. The number of hydrogen-bond acceptors (Lipinski definition) is 3. The number of hydrogen-bond donors (Lipinski definition) is 2. The van der Waals surface area contributed by atoms with Crippen molar-refractivity contribution < 1.29 is 9.47 Å². The molecule has 1 aromatic rings. The molecule has 0 bridgehead atoms. The third-order valence-corrected chi connectivity index (χ3v) is 4.06. The Morgan fingerprint density at radius 2 is 2.22 bits per heavy atom. The van der Waals surface area contributed by atoms with E-state index in [1.54, 1.807) is 0 Å². The zero-order valence-electron chi connectivity index (χ0n) is 13.8. The summed E-state index contributed by atoms with van der Waals surface area (Å²) in [6.45, 7) is 7.81. The minimum Gasteiger partial charge on any atom is -0.379 e. The maximum absolute atomic E-state index is 5.84. The van der Waals surface area contributed by atoms with Crippen molar-refractivity contribution in [1.82, 2.24) is 10.6 Å². The maximum atomic E-state index is 5.84. The first-order chi connectivity index (χ1) is 11.2. The molecule has 6 heteroatoms. The van der Waals surface area contributed by atoms with Gasteiger partial charge < -0.3 is 20.1 Å². The van der Waals surface area contributed by atoms with Crippen LogP contribution in [0.5, 0.6) is 0 Å². The highest BCUT2D eigenvalue weighted by Gasteiger charge is 2.17. The van der Waals surface area contributed by atoms with Crippen molar-refractivity contribution in [2.75, 3.05) is 26.4 Å². The molecule has 0 radical (unpaired) electrons. The molecule has 0 aromatic heterocycles. The van der Waals surface area contributed by atoms with E-state index in [1.807, 2.05) is 12.1 Å². The fourth-order valence-electron chi connectivity index (χ4n) is 2.28. The van der Waals surface area contributed by atoms with Crippen molar-refractivity contribution >= 4 is 21.9 Å². The highest BCUT2D eigenvalue weighted by atomic mass is 79.9. The van der Waals surface area contributed by atoms with E-state index in [4.69, 9.17) is 9.47 Å². The Morgan fingerprint density at radius 3 is 2.87 bits per heavy atom. The van der Waals surface area contributed by atoms with E-state index in [9.17, 15) is 0 Å². The van der Waals surface area contributed by atoms with Gasteiger partial charge in [0.25, 0.3) is 0 Å². The Bertz CT molecular complexity index is 487.